The molecule has 1 fully saturated rings. The molecule has 0 radical (unpaired) electrons. The highest BCUT2D eigenvalue weighted by Crippen LogP contribution is 2.29. The van der Waals surface area contributed by atoms with Crippen molar-refractivity contribution in [3.05, 3.63) is 46.1 Å². The molecule has 2 aliphatic carbocycles. The van der Waals surface area contributed by atoms with Crippen LogP contribution in [0.5, 0.6) is 5.75 Å². The van der Waals surface area contributed by atoms with Gasteiger partial charge in [-0.1, -0.05) is 21.2 Å². The number of amides is 1. The van der Waals surface area contributed by atoms with Gasteiger partial charge in [0.05, 0.1) is 31.6 Å². The highest BCUT2D eigenvalue weighted by atomic mass is 31.0. The second kappa shape index (κ2) is 13.3. The Morgan fingerprint density at radius 3 is 2.51 bits per heavy atom. The van der Waals surface area contributed by atoms with E-state index in [2.05, 4.69) is 59.5 Å². The molecule has 0 saturated heterocycles. The van der Waals surface area contributed by atoms with Crippen molar-refractivity contribution in [2.75, 3.05) is 47.2 Å². The lowest BCUT2D eigenvalue weighted by atomic mass is 9.89. The Morgan fingerprint density at radius 1 is 1.17 bits per heavy atom. The van der Waals surface area contributed by atoms with E-state index in [1.807, 2.05) is 6.07 Å². The van der Waals surface area contributed by atoms with Crippen molar-refractivity contribution < 1.29 is 18.3 Å². The number of ether oxygens (including phenoxy) is 1. The molecule has 1 aromatic heterocycles. The van der Waals surface area contributed by atoms with Crippen molar-refractivity contribution in [3.8, 4) is 17.6 Å². The number of alkyl halides is 2. The fourth-order valence-electron chi connectivity index (χ4n) is 5.93. The largest absolute Gasteiger partial charge is 0.495 e. The Kier molecular flexibility index (Phi) is 9.99. The molecule has 1 saturated carbocycles. The number of carbonyl (C=O) groups excluding carboxylic acids is 1. The fourth-order valence-corrected chi connectivity index (χ4v) is 6.11. The van der Waals surface area contributed by atoms with Gasteiger partial charge in [-0.3, -0.25) is 4.79 Å². The number of hydrogen-bond acceptors (Lipinski definition) is 5. The van der Waals surface area contributed by atoms with Crippen molar-refractivity contribution in [1.29, 1.82) is 0 Å². The first-order chi connectivity index (χ1) is 19.5. The highest BCUT2D eigenvalue weighted by Gasteiger charge is 2.28. The van der Waals surface area contributed by atoms with E-state index in [9.17, 15) is 13.6 Å². The molecular weight excluding hydrogens is 543 g/mol. The van der Waals surface area contributed by atoms with Crippen molar-refractivity contribution >= 4 is 32.6 Å². The predicted molar refractivity (Wildman–Crippen MR) is 165 cm³/mol. The van der Waals surface area contributed by atoms with E-state index in [1.165, 1.54) is 12.8 Å². The first-order valence-corrected chi connectivity index (χ1v) is 14.7. The predicted octanol–water partition coefficient (Wildman–Crippen LogP) is 3.27. The van der Waals surface area contributed by atoms with E-state index >= 15 is 0 Å². The van der Waals surface area contributed by atoms with Crippen LogP contribution in [0, 0.1) is 11.8 Å². The third kappa shape index (κ3) is 7.42. The highest BCUT2D eigenvalue weighted by molar-refractivity contribution is 7.18. The zero-order chi connectivity index (χ0) is 29.7. The minimum atomic E-state index is -2.96. The second-order valence-corrected chi connectivity index (χ2v) is 11.9. The van der Waals surface area contributed by atoms with Crippen molar-refractivity contribution in [1.82, 2.24) is 19.7 Å². The molecule has 0 bridgehead atoms. The maximum absolute atomic E-state index is 14.3. The maximum Gasteiger partial charge on any atom is 0.276 e. The van der Waals surface area contributed by atoms with Crippen LogP contribution in [0.3, 0.4) is 0 Å². The Bertz CT molecular complexity index is 1430. The van der Waals surface area contributed by atoms with E-state index in [1.54, 1.807) is 39.1 Å². The Balaban J connectivity index is 1.61. The van der Waals surface area contributed by atoms with E-state index < -0.39 is 12.2 Å². The van der Waals surface area contributed by atoms with Gasteiger partial charge in [-0.25, -0.2) is 8.78 Å². The summed E-state index contributed by atoms with van der Waals surface area (Å²) < 4.78 is 35.7. The van der Waals surface area contributed by atoms with Crippen molar-refractivity contribution in [2.24, 2.45) is 0 Å². The third-order valence-corrected chi connectivity index (χ3v) is 8.36. The molecule has 2 aromatic rings. The van der Waals surface area contributed by atoms with Gasteiger partial charge in [0.2, 0.25) is 0 Å². The molecule has 1 unspecified atom stereocenters. The van der Waals surface area contributed by atoms with Gasteiger partial charge in [0, 0.05) is 48.0 Å². The van der Waals surface area contributed by atoms with Crippen LogP contribution < -0.4 is 25.9 Å². The van der Waals surface area contributed by atoms with Gasteiger partial charge in [0.15, 0.2) is 0 Å². The second-order valence-electron chi connectivity index (χ2n) is 11.1. The Labute approximate surface area is 244 Å². The van der Waals surface area contributed by atoms with Crippen molar-refractivity contribution in [2.45, 2.75) is 62.8 Å². The van der Waals surface area contributed by atoms with Gasteiger partial charge < -0.3 is 29.7 Å². The van der Waals surface area contributed by atoms with Gasteiger partial charge >= 0.3 is 0 Å². The van der Waals surface area contributed by atoms with E-state index in [4.69, 9.17) is 4.74 Å². The van der Waals surface area contributed by atoms with E-state index in [0.29, 0.717) is 34.8 Å². The number of benzene rings is 1. The van der Waals surface area contributed by atoms with Gasteiger partial charge in [-0.15, -0.1) is 0 Å². The molecule has 2 aliphatic rings. The summed E-state index contributed by atoms with van der Waals surface area (Å²) >= 11 is 0. The number of aromatic nitrogens is 1. The number of halogens is 2. The SMILES string of the molecule is CNC(=O)c1ccc(NCC#Cc2cc3c(n2CC(F)(F)P)=CCCC=3N(C)C2CCC(N(C)C)CC2)c(OC)c1. The number of nitrogens with zero attached hydrogens (tertiary/aromatic N) is 3. The molecule has 1 amide bonds. The number of carbonyl (C=O) groups is 1. The zero-order valence-electron chi connectivity index (χ0n) is 24.7. The Hall–Kier alpha value is -3.08. The normalized spacial score (nSPS) is 18.6. The molecular formula is C31H42F2N5O2P. The summed E-state index contributed by atoms with van der Waals surface area (Å²) in [5.41, 5.74) is 0.00503. The van der Waals surface area contributed by atoms with Crippen LogP contribution in [0.4, 0.5) is 14.5 Å². The maximum atomic E-state index is 14.3. The summed E-state index contributed by atoms with van der Waals surface area (Å²) in [4.78, 5) is 16.7. The number of methoxy groups -OCH3 is 1. The average molecular weight is 586 g/mol. The number of nitrogens with one attached hydrogen (secondary N) is 2. The van der Waals surface area contributed by atoms with Gasteiger partial charge in [-0.2, -0.15) is 0 Å². The molecule has 10 heteroatoms. The van der Waals surface area contributed by atoms with Crippen LogP contribution in [0.15, 0.2) is 24.3 Å². The van der Waals surface area contributed by atoms with Gasteiger partial charge in [0.25, 0.3) is 11.6 Å². The topological polar surface area (TPSA) is 61.8 Å². The third-order valence-electron chi connectivity index (χ3n) is 8.18. The monoisotopic (exact) mass is 585 g/mol. The minimum absolute atomic E-state index is 0.204. The summed E-state index contributed by atoms with van der Waals surface area (Å²) in [5.74, 6) is 6.56. The van der Waals surface area contributed by atoms with Crippen LogP contribution in [0.25, 0.3) is 11.8 Å². The average Bonchev–Trinajstić information content (AvgIpc) is 3.30. The zero-order valence-corrected chi connectivity index (χ0v) is 25.8. The summed E-state index contributed by atoms with van der Waals surface area (Å²) in [6.07, 6.45) is 8.34. The lowest BCUT2D eigenvalue weighted by molar-refractivity contribution is 0.0828. The van der Waals surface area contributed by atoms with Crippen LogP contribution in [0.1, 0.15) is 54.6 Å². The number of fused-ring (bicyclic) bond motifs is 1. The molecule has 1 heterocycles. The number of rotatable bonds is 9. The molecule has 222 valence electrons. The summed E-state index contributed by atoms with van der Waals surface area (Å²) in [7, 11) is 11.2. The molecule has 41 heavy (non-hydrogen) atoms. The molecule has 0 spiro atoms. The van der Waals surface area contributed by atoms with E-state index in [-0.39, 0.29) is 12.5 Å². The van der Waals surface area contributed by atoms with Crippen LogP contribution in [-0.4, -0.2) is 79.9 Å². The van der Waals surface area contributed by atoms with Gasteiger partial charge in [-0.05, 0) is 82.8 Å². The Morgan fingerprint density at radius 2 is 1.88 bits per heavy atom. The molecule has 4 rings (SSSR count). The molecule has 2 N–H and O–H groups in total. The molecule has 1 atom stereocenters. The van der Waals surface area contributed by atoms with Crippen LogP contribution in [-0.2, 0) is 6.54 Å². The lowest BCUT2D eigenvalue weighted by Crippen LogP contribution is -2.44. The van der Waals surface area contributed by atoms with Crippen LogP contribution in [0.2, 0.25) is 0 Å². The van der Waals surface area contributed by atoms with E-state index in [0.717, 1.165) is 49.1 Å². The summed E-state index contributed by atoms with van der Waals surface area (Å²) in [5, 5.41) is 7.64. The fraction of sp³-hybridized carbons (Fsp3) is 0.516. The van der Waals surface area contributed by atoms with Crippen LogP contribution >= 0.6 is 9.24 Å². The first kappa shape index (κ1) is 30.9. The lowest BCUT2D eigenvalue weighted by Gasteiger charge is -2.39. The first-order valence-electron chi connectivity index (χ1n) is 14.1. The molecule has 7 nitrogen and oxygen atoms in total. The minimum Gasteiger partial charge on any atom is -0.495 e. The number of anilines is 1. The number of hydrogen-bond donors (Lipinski definition) is 2. The summed E-state index contributed by atoms with van der Waals surface area (Å²) in [6.45, 7) is -0.182. The summed E-state index contributed by atoms with van der Waals surface area (Å²) in [6, 6.07) is 8.17. The molecule has 1 aromatic carbocycles. The van der Waals surface area contributed by atoms with Gasteiger partial charge in [0.1, 0.15) is 5.75 Å². The molecule has 0 aliphatic heterocycles. The van der Waals surface area contributed by atoms with Crippen molar-refractivity contribution in [3.63, 3.8) is 0 Å². The smallest absolute Gasteiger partial charge is 0.276 e. The quantitative estimate of drug-likeness (QED) is 0.350. The standard InChI is InChI=1S/C31H42F2N5O2P/c1-34-30(39)21-11-16-26(29(18-21)40-5)35-17-7-8-24-19-25-27(9-6-10-28(25)38(24)20-31(32,33)41)37(4)23-14-12-22(13-15-23)36(2)3/h10-11,16,18-19,22-23,35H,6,9,12-15,17,20,41H2,1-5H3,(H,34,39).